The number of hydrogen-bond donors (Lipinski definition) is 0. The van der Waals surface area contributed by atoms with E-state index in [4.69, 9.17) is 0 Å². The summed E-state index contributed by atoms with van der Waals surface area (Å²) in [7, 11) is 0. The van der Waals surface area contributed by atoms with Crippen molar-refractivity contribution in [1.29, 1.82) is 0 Å². The van der Waals surface area contributed by atoms with E-state index in [0.29, 0.717) is 12.0 Å². The average molecular weight is 371 g/mol. The van der Waals surface area contributed by atoms with Crippen LogP contribution in [0.4, 0.5) is 0 Å². The van der Waals surface area contributed by atoms with Gasteiger partial charge in [-0.3, -0.25) is 4.79 Å². The van der Waals surface area contributed by atoms with Crippen LogP contribution in [0.2, 0.25) is 0 Å². The van der Waals surface area contributed by atoms with Crippen LogP contribution in [0.15, 0.2) is 18.2 Å². The van der Waals surface area contributed by atoms with Gasteiger partial charge in [-0.15, -0.1) is 0 Å². The van der Waals surface area contributed by atoms with Crippen molar-refractivity contribution < 1.29 is 4.79 Å². The van der Waals surface area contributed by atoms with Crippen molar-refractivity contribution in [3.63, 3.8) is 0 Å². The molecule has 0 atom stereocenters. The zero-order chi connectivity index (χ0) is 14.0. The van der Waals surface area contributed by atoms with E-state index in [-0.39, 0.29) is 5.91 Å². The summed E-state index contributed by atoms with van der Waals surface area (Å²) in [6.07, 6.45) is 3.43. The number of halogens is 1. The van der Waals surface area contributed by atoms with Gasteiger partial charge in [0.15, 0.2) is 0 Å². The molecule has 0 saturated heterocycles. The first-order valence-corrected chi connectivity index (χ1v) is 8.14. The fourth-order valence-corrected chi connectivity index (χ4v) is 2.79. The second-order valence-corrected chi connectivity index (χ2v) is 6.93. The zero-order valence-electron chi connectivity index (χ0n) is 11.9. The molecule has 0 N–H and O–H groups in total. The van der Waals surface area contributed by atoms with Gasteiger partial charge < -0.3 is 4.90 Å². The SMILES string of the molecule is Cc1cccc(C(=O)N(CCC(C)C)C2CC2)c1I. The van der Waals surface area contributed by atoms with E-state index < -0.39 is 0 Å². The van der Waals surface area contributed by atoms with E-state index in [9.17, 15) is 4.79 Å². The molecule has 19 heavy (non-hydrogen) atoms. The number of carbonyl (C=O) groups is 1. The van der Waals surface area contributed by atoms with Crippen molar-refractivity contribution in [2.45, 2.75) is 46.1 Å². The first-order valence-electron chi connectivity index (χ1n) is 7.06. The summed E-state index contributed by atoms with van der Waals surface area (Å²) >= 11 is 2.29. The number of benzene rings is 1. The van der Waals surface area contributed by atoms with E-state index in [1.165, 1.54) is 18.4 Å². The Bertz CT molecular complexity index is 466. The lowest BCUT2D eigenvalue weighted by molar-refractivity contribution is 0.0734. The van der Waals surface area contributed by atoms with E-state index in [1.807, 2.05) is 12.1 Å². The lowest BCUT2D eigenvalue weighted by atomic mass is 10.1. The Morgan fingerprint density at radius 2 is 2.11 bits per heavy atom. The standard InChI is InChI=1S/C16H22INO/c1-11(2)9-10-18(13-7-8-13)16(19)14-6-4-5-12(3)15(14)17/h4-6,11,13H,7-10H2,1-3H3. The van der Waals surface area contributed by atoms with Crippen molar-refractivity contribution in [3.8, 4) is 0 Å². The lowest BCUT2D eigenvalue weighted by Crippen LogP contribution is -2.35. The van der Waals surface area contributed by atoms with Crippen LogP contribution < -0.4 is 0 Å². The molecule has 0 aromatic heterocycles. The molecule has 1 aromatic carbocycles. The highest BCUT2D eigenvalue weighted by Crippen LogP contribution is 2.30. The molecule has 0 heterocycles. The molecular formula is C16H22INO. The van der Waals surface area contributed by atoms with Crippen LogP contribution >= 0.6 is 22.6 Å². The first-order chi connectivity index (χ1) is 9.00. The van der Waals surface area contributed by atoms with E-state index >= 15 is 0 Å². The van der Waals surface area contributed by atoms with Crippen LogP contribution in [-0.4, -0.2) is 23.4 Å². The summed E-state index contributed by atoms with van der Waals surface area (Å²) in [4.78, 5) is 14.8. The molecule has 0 unspecified atom stereocenters. The third-order valence-electron chi connectivity index (χ3n) is 3.62. The maximum absolute atomic E-state index is 12.7. The third-order valence-corrected chi connectivity index (χ3v) is 5.05. The van der Waals surface area contributed by atoms with Crippen molar-refractivity contribution in [1.82, 2.24) is 4.90 Å². The molecule has 1 saturated carbocycles. The first kappa shape index (κ1) is 14.8. The zero-order valence-corrected chi connectivity index (χ0v) is 14.1. The summed E-state index contributed by atoms with van der Waals surface area (Å²) in [6.45, 7) is 7.39. The Balaban J connectivity index is 2.17. The van der Waals surface area contributed by atoms with Gasteiger partial charge in [0.1, 0.15) is 0 Å². The Morgan fingerprint density at radius 1 is 1.42 bits per heavy atom. The second kappa shape index (κ2) is 6.25. The molecule has 1 aromatic rings. The van der Waals surface area contributed by atoms with Crippen LogP contribution in [0.25, 0.3) is 0 Å². The van der Waals surface area contributed by atoms with Crippen molar-refractivity contribution in [2.75, 3.05) is 6.54 Å². The predicted molar refractivity (Wildman–Crippen MR) is 87.4 cm³/mol. The lowest BCUT2D eigenvalue weighted by Gasteiger charge is -2.24. The molecule has 0 aliphatic heterocycles. The van der Waals surface area contributed by atoms with Gasteiger partial charge in [-0.05, 0) is 66.3 Å². The molecule has 0 radical (unpaired) electrons. The van der Waals surface area contributed by atoms with Gasteiger partial charge in [-0.1, -0.05) is 26.0 Å². The summed E-state index contributed by atoms with van der Waals surface area (Å²) in [6, 6.07) is 6.50. The van der Waals surface area contributed by atoms with Crippen molar-refractivity contribution in [2.24, 2.45) is 5.92 Å². The molecule has 2 rings (SSSR count). The second-order valence-electron chi connectivity index (χ2n) is 5.85. The average Bonchev–Trinajstić information content (AvgIpc) is 3.17. The Labute approximate surface area is 129 Å². The molecular weight excluding hydrogens is 349 g/mol. The van der Waals surface area contributed by atoms with Gasteiger partial charge in [0.05, 0.1) is 5.56 Å². The quantitative estimate of drug-likeness (QED) is 0.709. The topological polar surface area (TPSA) is 20.3 Å². The normalized spacial score (nSPS) is 14.8. The Hall–Kier alpha value is -0.580. The summed E-state index contributed by atoms with van der Waals surface area (Å²) < 4.78 is 1.10. The molecule has 104 valence electrons. The largest absolute Gasteiger partial charge is 0.336 e. The predicted octanol–water partition coefficient (Wildman–Crippen LogP) is 4.25. The summed E-state index contributed by atoms with van der Waals surface area (Å²) in [5, 5.41) is 0. The highest BCUT2D eigenvalue weighted by molar-refractivity contribution is 14.1. The molecule has 0 bridgehead atoms. The van der Waals surface area contributed by atoms with Crippen LogP contribution in [-0.2, 0) is 0 Å². The van der Waals surface area contributed by atoms with Gasteiger partial charge in [0.2, 0.25) is 0 Å². The van der Waals surface area contributed by atoms with Gasteiger partial charge in [0, 0.05) is 16.2 Å². The highest BCUT2D eigenvalue weighted by Gasteiger charge is 2.33. The van der Waals surface area contributed by atoms with E-state index in [0.717, 1.165) is 22.1 Å². The minimum absolute atomic E-state index is 0.219. The Morgan fingerprint density at radius 3 is 2.68 bits per heavy atom. The maximum Gasteiger partial charge on any atom is 0.255 e. The minimum atomic E-state index is 0.219. The fraction of sp³-hybridized carbons (Fsp3) is 0.562. The molecule has 1 aliphatic rings. The van der Waals surface area contributed by atoms with Crippen LogP contribution in [0.5, 0.6) is 0 Å². The number of rotatable bonds is 5. The third kappa shape index (κ3) is 3.71. The van der Waals surface area contributed by atoms with Crippen molar-refractivity contribution in [3.05, 3.63) is 32.9 Å². The Kier molecular flexibility index (Phi) is 4.87. The summed E-state index contributed by atoms with van der Waals surface area (Å²) in [5.74, 6) is 0.863. The molecule has 0 spiro atoms. The molecule has 1 amide bonds. The monoisotopic (exact) mass is 371 g/mol. The molecule has 3 heteroatoms. The number of nitrogens with zero attached hydrogens (tertiary/aromatic N) is 1. The highest BCUT2D eigenvalue weighted by atomic mass is 127. The van der Waals surface area contributed by atoms with Gasteiger partial charge in [0.25, 0.3) is 5.91 Å². The van der Waals surface area contributed by atoms with Crippen LogP contribution in [0, 0.1) is 16.4 Å². The van der Waals surface area contributed by atoms with Crippen LogP contribution in [0.3, 0.4) is 0 Å². The van der Waals surface area contributed by atoms with Gasteiger partial charge in [-0.25, -0.2) is 0 Å². The van der Waals surface area contributed by atoms with Crippen molar-refractivity contribution >= 4 is 28.5 Å². The maximum atomic E-state index is 12.7. The summed E-state index contributed by atoms with van der Waals surface area (Å²) in [5.41, 5.74) is 2.06. The molecule has 1 fully saturated rings. The smallest absolute Gasteiger partial charge is 0.255 e. The van der Waals surface area contributed by atoms with Gasteiger partial charge >= 0.3 is 0 Å². The number of carbonyl (C=O) groups excluding carboxylic acids is 1. The van der Waals surface area contributed by atoms with E-state index in [2.05, 4.69) is 54.3 Å². The van der Waals surface area contributed by atoms with Crippen LogP contribution in [0.1, 0.15) is 49.0 Å². The molecule has 2 nitrogen and oxygen atoms in total. The minimum Gasteiger partial charge on any atom is -0.336 e. The number of hydrogen-bond acceptors (Lipinski definition) is 1. The van der Waals surface area contributed by atoms with Gasteiger partial charge in [-0.2, -0.15) is 0 Å². The van der Waals surface area contributed by atoms with E-state index in [1.54, 1.807) is 0 Å². The number of aryl methyl sites for hydroxylation is 1. The number of amides is 1. The fourth-order valence-electron chi connectivity index (χ4n) is 2.20. The molecule has 1 aliphatic carbocycles.